The van der Waals surface area contributed by atoms with E-state index < -0.39 is 11.4 Å². The maximum absolute atomic E-state index is 15.2. The van der Waals surface area contributed by atoms with Gasteiger partial charge < -0.3 is 29.7 Å². The molecular weight excluding hydrogens is 653 g/mol. The zero-order valence-electron chi connectivity index (χ0n) is 29.2. The number of piperidine rings is 1. The van der Waals surface area contributed by atoms with Gasteiger partial charge in [-0.25, -0.2) is 28.5 Å². The van der Waals surface area contributed by atoms with Gasteiger partial charge in [0.25, 0.3) is 0 Å². The van der Waals surface area contributed by atoms with Gasteiger partial charge in [-0.15, -0.1) is 0 Å². The van der Waals surface area contributed by atoms with Gasteiger partial charge in [0.15, 0.2) is 0 Å². The van der Waals surface area contributed by atoms with Crippen LogP contribution in [0, 0.1) is 5.82 Å². The van der Waals surface area contributed by atoms with Crippen LogP contribution in [0.5, 0.6) is 0 Å². The van der Waals surface area contributed by atoms with Gasteiger partial charge in [0.05, 0.1) is 35.4 Å². The molecule has 2 saturated heterocycles. The lowest BCUT2D eigenvalue weighted by Crippen LogP contribution is -2.48. The quantitative estimate of drug-likeness (QED) is 0.176. The third kappa shape index (κ3) is 8.12. The SMILES string of the molecule is CC(C)(C)OC(=O)N1CCC(N(Cc2cnn(C3CCCCO3)c2)c2ccc3cnc(Nc4ccc(-n5ccc(CO)n5)cc4F)cc3n2)CC1. The Kier molecular flexibility index (Phi) is 9.87. The molecule has 1 amide bonds. The predicted molar refractivity (Wildman–Crippen MR) is 190 cm³/mol. The summed E-state index contributed by atoms with van der Waals surface area (Å²) in [5, 5.41) is 22.2. The molecule has 0 aliphatic carbocycles. The lowest BCUT2D eigenvalue weighted by Gasteiger charge is -2.39. The number of nitrogens with one attached hydrogen (secondary N) is 1. The van der Waals surface area contributed by atoms with Crippen molar-refractivity contribution in [1.82, 2.24) is 34.4 Å². The average molecular weight is 698 g/mol. The van der Waals surface area contributed by atoms with Crippen molar-refractivity contribution in [1.29, 1.82) is 0 Å². The van der Waals surface area contributed by atoms with Crippen LogP contribution in [0.25, 0.3) is 16.6 Å². The van der Waals surface area contributed by atoms with E-state index in [1.165, 1.54) is 10.7 Å². The van der Waals surface area contributed by atoms with Crippen LogP contribution in [-0.2, 0) is 22.6 Å². The maximum Gasteiger partial charge on any atom is 0.410 e. The molecule has 1 atom stereocenters. The topological polar surface area (TPSA) is 136 Å². The van der Waals surface area contributed by atoms with Crippen LogP contribution in [0.15, 0.2) is 67.3 Å². The van der Waals surface area contributed by atoms with E-state index in [1.54, 1.807) is 35.5 Å². The number of hydrogen-bond acceptors (Lipinski definition) is 10. The zero-order chi connectivity index (χ0) is 35.5. The molecule has 14 heteroatoms. The van der Waals surface area contributed by atoms with E-state index in [2.05, 4.69) is 31.6 Å². The number of rotatable bonds is 9. The smallest absolute Gasteiger partial charge is 0.410 e. The number of aromatic nitrogens is 6. The fraction of sp³-hybridized carbons (Fsp3) is 0.432. The minimum atomic E-state index is -0.555. The number of amides is 1. The highest BCUT2D eigenvalue weighted by Crippen LogP contribution is 2.30. The van der Waals surface area contributed by atoms with Crippen LogP contribution >= 0.6 is 0 Å². The molecule has 4 aromatic heterocycles. The van der Waals surface area contributed by atoms with E-state index in [0.29, 0.717) is 42.4 Å². The summed E-state index contributed by atoms with van der Waals surface area (Å²) in [6, 6.07) is 12.3. The molecule has 0 spiro atoms. The van der Waals surface area contributed by atoms with Gasteiger partial charge >= 0.3 is 6.09 Å². The van der Waals surface area contributed by atoms with Crippen LogP contribution in [0.3, 0.4) is 0 Å². The van der Waals surface area contributed by atoms with Crippen molar-refractivity contribution < 1.29 is 23.8 Å². The third-order valence-corrected chi connectivity index (χ3v) is 9.15. The predicted octanol–water partition coefficient (Wildman–Crippen LogP) is 6.49. The van der Waals surface area contributed by atoms with E-state index in [-0.39, 0.29) is 30.7 Å². The van der Waals surface area contributed by atoms with E-state index in [9.17, 15) is 9.90 Å². The number of nitrogens with zero attached hydrogens (tertiary/aromatic N) is 8. The number of benzene rings is 1. The molecule has 2 fully saturated rings. The Morgan fingerprint density at radius 1 is 1.10 bits per heavy atom. The van der Waals surface area contributed by atoms with Gasteiger partial charge in [-0.3, -0.25) is 0 Å². The number of halogens is 1. The van der Waals surface area contributed by atoms with Gasteiger partial charge in [0.1, 0.15) is 29.3 Å². The summed E-state index contributed by atoms with van der Waals surface area (Å²) in [5.74, 6) is 0.765. The number of pyridine rings is 2. The molecule has 51 heavy (non-hydrogen) atoms. The Morgan fingerprint density at radius 3 is 2.67 bits per heavy atom. The molecule has 2 aliphatic rings. The number of ether oxygens (including phenoxy) is 2. The van der Waals surface area contributed by atoms with Crippen LogP contribution in [0.1, 0.15) is 70.4 Å². The monoisotopic (exact) mass is 697 g/mol. The van der Waals surface area contributed by atoms with Crippen molar-refractivity contribution in [3.63, 3.8) is 0 Å². The molecule has 0 bridgehead atoms. The van der Waals surface area contributed by atoms with Crippen LogP contribution in [0.2, 0.25) is 0 Å². The zero-order valence-corrected chi connectivity index (χ0v) is 29.2. The summed E-state index contributed by atoms with van der Waals surface area (Å²) in [6.07, 6.45) is 11.6. The fourth-order valence-electron chi connectivity index (χ4n) is 6.54. The molecule has 5 aromatic rings. The number of fused-ring (bicyclic) bond motifs is 1. The normalized spacial score (nSPS) is 17.1. The first kappa shape index (κ1) is 34.4. The molecule has 6 heterocycles. The van der Waals surface area contributed by atoms with E-state index in [1.807, 2.05) is 49.8 Å². The number of anilines is 3. The molecule has 1 unspecified atom stereocenters. The summed E-state index contributed by atoms with van der Waals surface area (Å²) >= 11 is 0. The number of carbonyl (C=O) groups is 1. The lowest BCUT2D eigenvalue weighted by molar-refractivity contribution is -0.0395. The highest BCUT2D eigenvalue weighted by atomic mass is 19.1. The first-order chi connectivity index (χ1) is 24.6. The number of aliphatic hydroxyl groups is 1. The standard InChI is InChI=1S/C37H44FN9O4/c1-37(2,3)51-36(49)44-14-12-28(13-15-44)45(22-25-20-40-47(23-25)35-6-4-5-17-50-35)34-10-7-26-21-39-33(19-32(26)42-34)41-31-9-8-29(18-30(31)38)46-16-11-27(24-48)43-46/h7-11,16,18-21,23,28,35,48H,4-6,12-15,17,22,24H2,1-3H3,(H,39,41). The second kappa shape index (κ2) is 14.6. The summed E-state index contributed by atoms with van der Waals surface area (Å²) < 4.78 is 30.3. The van der Waals surface area contributed by atoms with Gasteiger partial charge in [-0.05, 0) is 83.2 Å². The molecule has 0 radical (unpaired) electrons. The molecule has 0 saturated carbocycles. The van der Waals surface area contributed by atoms with Crippen molar-refractivity contribution in [2.24, 2.45) is 0 Å². The Morgan fingerprint density at radius 2 is 1.94 bits per heavy atom. The van der Waals surface area contributed by atoms with E-state index >= 15 is 4.39 Å². The largest absolute Gasteiger partial charge is 0.444 e. The Labute approximate surface area is 296 Å². The van der Waals surface area contributed by atoms with Gasteiger partial charge in [-0.2, -0.15) is 10.2 Å². The Bertz CT molecular complexity index is 1980. The van der Waals surface area contributed by atoms with E-state index in [0.717, 1.165) is 55.5 Å². The minimum Gasteiger partial charge on any atom is -0.444 e. The molecule has 13 nitrogen and oxygen atoms in total. The number of aliphatic hydroxyl groups excluding tert-OH is 1. The van der Waals surface area contributed by atoms with Crippen LogP contribution in [-0.4, -0.2) is 77.0 Å². The lowest BCUT2D eigenvalue weighted by atomic mass is 10.0. The van der Waals surface area contributed by atoms with Crippen LogP contribution in [0.4, 0.5) is 26.5 Å². The molecule has 2 N–H and O–H groups in total. The highest BCUT2D eigenvalue weighted by molar-refractivity contribution is 5.82. The first-order valence-electron chi connectivity index (χ1n) is 17.5. The second-order valence-corrected chi connectivity index (χ2v) is 14.1. The number of likely N-dealkylation sites (tertiary alicyclic amines) is 1. The Hall–Kier alpha value is -5.08. The van der Waals surface area contributed by atoms with Gasteiger partial charge in [0, 0.05) is 74.0 Å². The van der Waals surface area contributed by atoms with Crippen LogP contribution < -0.4 is 10.2 Å². The van der Waals surface area contributed by atoms with Crippen molar-refractivity contribution in [2.75, 3.05) is 29.9 Å². The Balaban J connectivity index is 1.13. The fourth-order valence-corrected chi connectivity index (χ4v) is 6.54. The van der Waals surface area contributed by atoms with Crippen molar-refractivity contribution in [2.45, 2.75) is 83.9 Å². The molecular formula is C37H44FN9O4. The van der Waals surface area contributed by atoms with Gasteiger partial charge in [0.2, 0.25) is 0 Å². The summed E-state index contributed by atoms with van der Waals surface area (Å²) in [5.41, 5.74) is 2.48. The highest BCUT2D eigenvalue weighted by Gasteiger charge is 2.31. The van der Waals surface area contributed by atoms with E-state index in [4.69, 9.17) is 14.5 Å². The van der Waals surface area contributed by atoms with Crippen molar-refractivity contribution in [3.05, 3.63) is 84.3 Å². The summed E-state index contributed by atoms with van der Waals surface area (Å²) in [7, 11) is 0. The average Bonchev–Trinajstić information content (AvgIpc) is 3.81. The third-order valence-electron chi connectivity index (χ3n) is 9.15. The maximum atomic E-state index is 15.2. The number of hydrogen-bond donors (Lipinski definition) is 2. The second-order valence-electron chi connectivity index (χ2n) is 14.1. The summed E-state index contributed by atoms with van der Waals surface area (Å²) in [4.78, 5) is 26.5. The number of carbonyl (C=O) groups excluding carboxylic acids is 1. The van der Waals surface area contributed by atoms with Gasteiger partial charge in [-0.1, -0.05) is 0 Å². The molecule has 7 rings (SSSR count). The summed E-state index contributed by atoms with van der Waals surface area (Å²) in [6.45, 7) is 7.91. The molecule has 1 aromatic carbocycles. The van der Waals surface area contributed by atoms with Crippen molar-refractivity contribution >= 4 is 34.3 Å². The minimum absolute atomic E-state index is 0.0547. The molecule has 268 valence electrons. The first-order valence-corrected chi connectivity index (χ1v) is 17.5. The van der Waals surface area contributed by atoms with Crippen molar-refractivity contribution in [3.8, 4) is 5.69 Å². The molecule has 2 aliphatic heterocycles.